The first kappa shape index (κ1) is 14.0. The molecule has 2 N–H and O–H groups in total. The molecule has 0 aromatic heterocycles. The molecule has 0 aliphatic heterocycles. The third kappa shape index (κ3) is 5.20. The van der Waals surface area contributed by atoms with Crippen LogP contribution in [0, 0.1) is 5.92 Å². The van der Waals surface area contributed by atoms with Crippen molar-refractivity contribution < 1.29 is 9.84 Å². The number of rotatable bonds is 7. The average molecular weight is 237 g/mol. The number of aliphatic hydroxyl groups is 1. The van der Waals surface area contributed by atoms with Gasteiger partial charge in [0, 0.05) is 13.0 Å². The van der Waals surface area contributed by atoms with Crippen LogP contribution in [0.1, 0.15) is 19.4 Å². The Balaban J connectivity index is 2.41. The van der Waals surface area contributed by atoms with Crippen molar-refractivity contribution in [1.82, 2.24) is 5.32 Å². The van der Waals surface area contributed by atoms with Crippen LogP contribution in [0.25, 0.3) is 0 Å². The molecule has 0 aliphatic carbocycles. The predicted octanol–water partition coefficient (Wildman–Crippen LogP) is 1.84. The summed E-state index contributed by atoms with van der Waals surface area (Å²) in [5, 5.41) is 13.2. The summed E-state index contributed by atoms with van der Waals surface area (Å²) in [5.74, 6) is 1.45. The molecule has 0 amide bonds. The van der Waals surface area contributed by atoms with Crippen molar-refractivity contribution in [1.29, 1.82) is 0 Å². The zero-order valence-electron chi connectivity index (χ0n) is 10.9. The molecule has 1 rings (SSSR count). The van der Waals surface area contributed by atoms with Crippen molar-refractivity contribution in [2.45, 2.75) is 26.4 Å². The van der Waals surface area contributed by atoms with E-state index in [-0.39, 0.29) is 6.10 Å². The highest BCUT2D eigenvalue weighted by Gasteiger charge is 2.09. The summed E-state index contributed by atoms with van der Waals surface area (Å²) in [7, 11) is 1.65. The molecule has 1 aromatic carbocycles. The van der Waals surface area contributed by atoms with Crippen molar-refractivity contribution in [3.05, 3.63) is 29.8 Å². The van der Waals surface area contributed by atoms with E-state index in [2.05, 4.69) is 19.2 Å². The second-order valence-electron chi connectivity index (χ2n) is 4.72. The maximum absolute atomic E-state index is 9.92. The molecule has 0 spiro atoms. The van der Waals surface area contributed by atoms with Crippen LogP contribution in [0.3, 0.4) is 0 Å². The van der Waals surface area contributed by atoms with Crippen molar-refractivity contribution in [2.24, 2.45) is 5.92 Å². The number of hydrogen-bond acceptors (Lipinski definition) is 3. The fourth-order valence-corrected chi connectivity index (χ4v) is 1.74. The SMILES string of the molecule is COc1ccccc1C[C@@H](O)CNCC(C)C. The minimum Gasteiger partial charge on any atom is -0.496 e. The van der Waals surface area contributed by atoms with E-state index < -0.39 is 0 Å². The molecule has 0 radical (unpaired) electrons. The van der Waals surface area contributed by atoms with E-state index in [1.165, 1.54) is 0 Å². The molecule has 1 atom stereocenters. The van der Waals surface area contributed by atoms with E-state index in [1.54, 1.807) is 7.11 Å². The Bertz CT molecular complexity index is 326. The van der Waals surface area contributed by atoms with Crippen molar-refractivity contribution in [3.63, 3.8) is 0 Å². The predicted molar refractivity (Wildman–Crippen MR) is 70.4 cm³/mol. The molecule has 0 bridgehead atoms. The van der Waals surface area contributed by atoms with Crippen LogP contribution in [-0.4, -0.2) is 31.4 Å². The van der Waals surface area contributed by atoms with Crippen LogP contribution in [-0.2, 0) is 6.42 Å². The molecule has 96 valence electrons. The third-order valence-electron chi connectivity index (χ3n) is 2.58. The van der Waals surface area contributed by atoms with E-state index in [9.17, 15) is 5.11 Å². The van der Waals surface area contributed by atoms with Crippen LogP contribution >= 0.6 is 0 Å². The zero-order chi connectivity index (χ0) is 12.7. The van der Waals surface area contributed by atoms with E-state index >= 15 is 0 Å². The highest BCUT2D eigenvalue weighted by atomic mass is 16.5. The van der Waals surface area contributed by atoms with Gasteiger partial charge in [-0.1, -0.05) is 32.0 Å². The minimum absolute atomic E-state index is 0.370. The Kier molecular flexibility index (Phi) is 6.01. The average Bonchev–Trinajstić information content (AvgIpc) is 2.29. The van der Waals surface area contributed by atoms with Gasteiger partial charge in [0.15, 0.2) is 0 Å². The zero-order valence-corrected chi connectivity index (χ0v) is 10.9. The Labute approximate surface area is 104 Å². The van der Waals surface area contributed by atoms with E-state index in [0.717, 1.165) is 17.9 Å². The maximum atomic E-state index is 9.92. The largest absolute Gasteiger partial charge is 0.496 e. The lowest BCUT2D eigenvalue weighted by molar-refractivity contribution is 0.169. The molecule has 0 aliphatic rings. The first-order valence-corrected chi connectivity index (χ1v) is 6.14. The van der Waals surface area contributed by atoms with E-state index in [0.29, 0.717) is 18.9 Å². The number of hydrogen-bond donors (Lipinski definition) is 2. The molecule has 3 nitrogen and oxygen atoms in total. The molecule has 1 aromatic rings. The fraction of sp³-hybridized carbons (Fsp3) is 0.571. The van der Waals surface area contributed by atoms with Crippen LogP contribution in [0.4, 0.5) is 0 Å². The molecule has 0 saturated heterocycles. The number of aliphatic hydroxyl groups excluding tert-OH is 1. The van der Waals surface area contributed by atoms with E-state index in [1.807, 2.05) is 24.3 Å². The lowest BCUT2D eigenvalue weighted by atomic mass is 10.1. The van der Waals surface area contributed by atoms with Crippen molar-refractivity contribution in [2.75, 3.05) is 20.2 Å². The summed E-state index contributed by atoms with van der Waals surface area (Å²) in [6, 6.07) is 7.81. The quantitative estimate of drug-likeness (QED) is 0.760. The highest BCUT2D eigenvalue weighted by Crippen LogP contribution is 2.18. The number of methoxy groups -OCH3 is 1. The normalized spacial score (nSPS) is 12.8. The molecular weight excluding hydrogens is 214 g/mol. The standard InChI is InChI=1S/C14H23NO2/c1-11(2)9-15-10-13(16)8-12-6-4-5-7-14(12)17-3/h4-7,11,13,15-16H,8-10H2,1-3H3/t13-/m1/s1. The number of para-hydroxylation sites is 1. The maximum Gasteiger partial charge on any atom is 0.122 e. The summed E-state index contributed by atoms with van der Waals surface area (Å²) in [5.41, 5.74) is 1.05. The van der Waals surface area contributed by atoms with Gasteiger partial charge in [-0.15, -0.1) is 0 Å². The summed E-state index contributed by atoms with van der Waals surface area (Å²) in [6.07, 6.45) is 0.250. The molecule has 3 heteroatoms. The van der Waals surface area contributed by atoms with Gasteiger partial charge in [0.05, 0.1) is 13.2 Å². The molecule has 17 heavy (non-hydrogen) atoms. The molecule has 0 unspecified atom stereocenters. The highest BCUT2D eigenvalue weighted by molar-refractivity contribution is 5.33. The minimum atomic E-state index is -0.370. The topological polar surface area (TPSA) is 41.5 Å². The fourth-order valence-electron chi connectivity index (χ4n) is 1.74. The first-order valence-electron chi connectivity index (χ1n) is 6.14. The number of nitrogens with one attached hydrogen (secondary N) is 1. The summed E-state index contributed by atoms with van der Waals surface area (Å²) < 4.78 is 5.26. The van der Waals surface area contributed by atoms with Gasteiger partial charge in [-0.3, -0.25) is 0 Å². The lowest BCUT2D eigenvalue weighted by Gasteiger charge is -2.15. The molecule has 0 fully saturated rings. The van der Waals surface area contributed by atoms with Gasteiger partial charge >= 0.3 is 0 Å². The van der Waals surface area contributed by atoms with Gasteiger partial charge in [0.25, 0.3) is 0 Å². The van der Waals surface area contributed by atoms with Crippen molar-refractivity contribution >= 4 is 0 Å². The Hall–Kier alpha value is -1.06. The van der Waals surface area contributed by atoms with Crippen molar-refractivity contribution in [3.8, 4) is 5.75 Å². The monoisotopic (exact) mass is 237 g/mol. The van der Waals surface area contributed by atoms with Gasteiger partial charge in [-0.2, -0.15) is 0 Å². The lowest BCUT2D eigenvalue weighted by Crippen LogP contribution is -2.30. The van der Waals surface area contributed by atoms with Crippen LogP contribution in [0.2, 0.25) is 0 Å². The van der Waals surface area contributed by atoms with Crippen LogP contribution in [0.15, 0.2) is 24.3 Å². The Morgan fingerprint density at radius 2 is 1.94 bits per heavy atom. The van der Waals surface area contributed by atoms with E-state index in [4.69, 9.17) is 4.74 Å². The van der Waals surface area contributed by atoms with Crippen LogP contribution < -0.4 is 10.1 Å². The summed E-state index contributed by atoms with van der Waals surface area (Å²) in [6.45, 7) is 5.86. The third-order valence-corrected chi connectivity index (χ3v) is 2.58. The van der Waals surface area contributed by atoms with Crippen LogP contribution in [0.5, 0.6) is 5.75 Å². The smallest absolute Gasteiger partial charge is 0.122 e. The van der Waals surface area contributed by atoms with Gasteiger partial charge in [0.1, 0.15) is 5.75 Å². The molecule has 0 heterocycles. The first-order chi connectivity index (χ1) is 8.13. The van der Waals surface area contributed by atoms with Gasteiger partial charge < -0.3 is 15.2 Å². The second-order valence-corrected chi connectivity index (χ2v) is 4.72. The molecule has 0 saturated carbocycles. The Morgan fingerprint density at radius 1 is 1.24 bits per heavy atom. The molecular formula is C14H23NO2. The summed E-state index contributed by atoms with van der Waals surface area (Å²) >= 11 is 0. The number of ether oxygens (including phenoxy) is 1. The van der Waals surface area contributed by atoms with Gasteiger partial charge in [-0.25, -0.2) is 0 Å². The summed E-state index contributed by atoms with van der Waals surface area (Å²) in [4.78, 5) is 0. The van der Waals surface area contributed by atoms with Gasteiger partial charge in [-0.05, 0) is 24.1 Å². The number of benzene rings is 1. The van der Waals surface area contributed by atoms with Gasteiger partial charge in [0.2, 0.25) is 0 Å². The second kappa shape index (κ2) is 7.30. The Morgan fingerprint density at radius 3 is 2.59 bits per heavy atom.